The monoisotopic (exact) mass is 306 g/mol. The maximum atomic E-state index is 11.2. The van der Waals surface area contributed by atoms with Gasteiger partial charge in [-0.1, -0.05) is 0 Å². The third-order valence-electron chi connectivity index (χ3n) is 1.69. The average molecular weight is 308 g/mol. The molecule has 0 radical (unpaired) electrons. The van der Waals surface area contributed by atoms with Crippen LogP contribution in [0.4, 0.5) is 0 Å². The van der Waals surface area contributed by atoms with Crippen molar-refractivity contribution in [1.29, 1.82) is 0 Å². The number of carbonyl (C=O) groups excluding carboxylic acids is 1. The molecule has 0 aliphatic heterocycles. The number of hydrogen-bond donors (Lipinski definition) is 2. The Balaban J connectivity index is 0.00000121. The van der Waals surface area contributed by atoms with Crippen LogP contribution in [0, 0.1) is 0 Å². The summed E-state index contributed by atoms with van der Waals surface area (Å²) in [6.45, 7) is -0.307. The van der Waals surface area contributed by atoms with E-state index in [0.29, 0.717) is 0 Å². The molecule has 0 saturated carbocycles. The van der Waals surface area contributed by atoms with Crippen LogP contribution in [0.1, 0.15) is 20.7 Å². The van der Waals surface area contributed by atoms with Gasteiger partial charge in [-0.3, -0.25) is 0 Å². The quantitative estimate of drug-likeness (QED) is 0.642. The van der Waals surface area contributed by atoms with E-state index in [9.17, 15) is 9.59 Å². The Kier molecular flexibility index (Phi) is 8.49. The van der Waals surface area contributed by atoms with Gasteiger partial charge in [-0.25, -0.2) is 9.59 Å². The first-order chi connectivity index (χ1) is 8.15. The number of carboxylic acids is 1. The molecule has 7 heteroatoms. The number of aliphatic hydroxyl groups is 1. The number of benzene rings is 1. The fourth-order valence-corrected chi connectivity index (χ4v) is 0.971. The van der Waals surface area contributed by atoms with Crippen LogP contribution in [-0.2, 0) is 21.3 Å². The SMILES string of the molecule is O=C(O)c1ccc(C(=O)OCCO)cc1.[S]=[Zn]. The van der Waals surface area contributed by atoms with E-state index in [1.807, 2.05) is 0 Å². The number of carboxylic acid groups (broad SMARTS) is 1. The second-order valence-corrected chi connectivity index (χ2v) is 2.74. The first kappa shape index (κ1) is 16.0. The molecule has 0 aliphatic rings. The number of hydrogen-bond acceptors (Lipinski definition) is 5. The average Bonchev–Trinajstić information content (AvgIpc) is 2.38. The molecule has 17 heavy (non-hydrogen) atoms. The first-order valence-corrected chi connectivity index (χ1v) is 8.76. The summed E-state index contributed by atoms with van der Waals surface area (Å²) in [6.07, 6.45) is 0. The number of aromatic carboxylic acids is 1. The van der Waals surface area contributed by atoms with E-state index in [0.717, 1.165) is 16.6 Å². The van der Waals surface area contributed by atoms with Crippen LogP contribution in [0.5, 0.6) is 0 Å². The number of aliphatic hydroxyl groups excluding tert-OH is 1. The predicted molar refractivity (Wildman–Crippen MR) is 58.4 cm³/mol. The van der Waals surface area contributed by atoms with Crippen LogP contribution >= 0.6 is 10.1 Å². The molecule has 0 amide bonds. The van der Waals surface area contributed by atoms with Gasteiger partial charge in [0.15, 0.2) is 0 Å². The van der Waals surface area contributed by atoms with Crippen LogP contribution in [0.3, 0.4) is 0 Å². The third kappa shape index (κ3) is 5.72. The van der Waals surface area contributed by atoms with Crippen molar-refractivity contribution in [1.82, 2.24) is 0 Å². The summed E-state index contributed by atoms with van der Waals surface area (Å²) >= 11 is 0.958. The standard InChI is InChI=1S/C10H10O5.S.Zn/c11-5-6-15-10(14)8-3-1-7(2-4-8)9(12)13;;/h1-4,11H,5-6H2,(H,12,13);;. The van der Waals surface area contributed by atoms with Gasteiger partial charge in [0.1, 0.15) is 6.61 Å². The molecule has 0 aromatic heterocycles. The van der Waals surface area contributed by atoms with Crippen LogP contribution in [-0.4, -0.2) is 35.4 Å². The van der Waals surface area contributed by atoms with Gasteiger partial charge in [0.25, 0.3) is 0 Å². The number of esters is 1. The first-order valence-electron chi connectivity index (χ1n) is 4.55. The molecule has 1 aromatic rings. The molecule has 0 heterocycles. The summed E-state index contributed by atoms with van der Waals surface area (Å²) in [4.78, 5) is 21.7. The Labute approximate surface area is 112 Å². The summed E-state index contributed by atoms with van der Waals surface area (Å²) in [5.41, 5.74) is 0.363. The summed E-state index contributed by atoms with van der Waals surface area (Å²) in [5.74, 6) is -1.63. The molecule has 1 rings (SSSR count). The number of ether oxygens (including phenoxy) is 1. The van der Waals surface area contributed by atoms with Gasteiger partial charge in [0, 0.05) is 0 Å². The number of carbonyl (C=O) groups is 2. The fourth-order valence-electron chi connectivity index (χ4n) is 0.971. The van der Waals surface area contributed by atoms with Crippen LogP contribution in [0.2, 0.25) is 0 Å². The molecule has 0 spiro atoms. The zero-order valence-electron chi connectivity index (χ0n) is 8.96. The maximum absolute atomic E-state index is 11.2. The van der Waals surface area contributed by atoms with E-state index in [4.69, 9.17) is 10.2 Å². The van der Waals surface area contributed by atoms with E-state index in [1.165, 1.54) is 24.3 Å². The van der Waals surface area contributed by atoms with Crippen LogP contribution < -0.4 is 0 Å². The molecular weight excluding hydrogens is 298 g/mol. The predicted octanol–water partition coefficient (Wildman–Crippen LogP) is 1.18. The number of rotatable bonds is 4. The Morgan fingerprint density at radius 2 is 1.65 bits per heavy atom. The van der Waals surface area contributed by atoms with Gasteiger partial charge in [0.05, 0.1) is 17.7 Å². The fraction of sp³-hybridized carbons (Fsp3) is 0.200. The molecule has 0 aliphatic carbocycles. The van der Waals surface area contributed by atoms with Crippen molar-refractivity contribution >= 4 is 22.1 Å². The third-order valence-corrected chi connectivity index (χ3v) is 1.69. The molecule has 88 valence electrons. The summed E-state index contributed by atoms with van der Waals surface area (Å²) < 4.78 is 4.64. The van der Waals surface area contributed by atoms with Crippen molar-refractivity contribution in [2.24, 2.45) is 0 Å². The minimum absolute atomic E-state index is 0.0699. The Morgan fingerprint density at radius 3 is 2.06 bits per heavy atom. The van der Waals surface area contributed by atoms with Crippen molar-refractivity contribution in [3.8, 4) is 0 Å². The van der Waals surface area contributed by atoms with E-state index < -0.39 is 11.9 Å². The topological polar surface area (TPSA) is 83.8 Å². The van der Waals surface area contributed by atoms with Crippen LogP contribution in [0.15, 0.2) is 24.3 Å². The van der Waals surface area contributed by atoms with Crippen LogP contribution in [0.25, 0.3) is 0 Å². The zero-order valence-corrected chi connectivity index (χ0v) is 12.7. The Bertz CT molecular complexity index is 379. The van der Waals surface area contributed by atoms with Crippen molar-refractivity contribution in [2.75, 3.05) is 13.2 Å². The van der Waals surface area contributed by atoms with Crippen molar-refractivity contribution in [3.63, 3.8) is 0 Å². The van der Waals surface area contributed by atoms with Crippen molar-refractivity contribution < 1.29 is 41.1 Å². The zero-order chi connectivity index (χ0) is 13.3. The summed E-state index contributed by atoms with van der Waals surface area (Å²) in [7, 11) is 4.21. The van der Waals surface area contributed by atoms with Crippen molar-refractivity contribution in [3.05, 3.63) is 35.4 Å². The van der Waals surface area contributed by atoms with Gasteiger partial charge >= 0.3 is 38.6 Å². The molecule has 1 aromatic carbocycles. The molecule has 2 N–H and O–H groups in total. The minimum atomic E-state index is -1.05. The van der Waals surface area contributed by atoms with E-state index >= 15 is 0 Å². The van der Waals surface area contributed by atoms with Crippen molar-refractivity contribution in [2.45, 2.75) is 0 Å². The molecule has 5 nitrogen and oxygen atoms in total. The molecule has 0 saturated heterocycles. The molecule has 0 bridgehead atoms. The Hall–Kier alpha value is -1.04. The van der Waals surface area contributed by atoms with E-state index in [-0.39, 0.29) is 24.3 Å². The summed E-state index contributed by atoms with van der Waals surface area (Å²) in [5, 5.41) is 17.0. The molecule has 0 atom stereocenters. The van der Waals surface area contributed by atoms with E-state index in [2.05, 4.69) is 14.9 Å². The van der Waals surface area contributed by atoms with Gasteiger partial charge in [-0.2, -0.15) is 0 Å². The van der Waals surface area contributed by atoms with Gasteiger partial charge in [-0.15, -0.1) is 0 Å². The molecule has 0 fully saturated rings. The second-order valence-electron chi connectivity index (χ2n) is 2.74. The molecule has 0 unspecified atom stereocenters. The second kappa shape index (κ2) is 9.04. The summed E-state index contributed by atoms with van der Waals surface area (Å²) in [6, 6.07) is 5.36. The van der Waals surface area contributed by atoms with Gasteiger partial charge in [0.2, 0.25) is 0 Å². The van der Waals surface area contributed by atoms with Gasteiger partial charge < -0.3 is 14.9 Å². The van der Waals surface area contributed by atoms with Gasteiger partial charge in [-0.05, 0) is 24.3 Å². The normalized spacial score (nSPS) is 8.88. The Morgan fingerprint density at radius 1 is 1.18 bits per heavy atom. The van der Waals surface area contributed by atoms with E-state index in [1.54, 1.807) is 0 Å². The molecular formula is C10H10O5SZn.